The zero-order chi connectivity index (χ0) is 18.4. The molecule has 8 heteroatoms. The van der Waals surface area contributed by atoms with Gasteiger partial charge >= 0.3 is 6.36 Å². The molecule has 0 aliphatic heterocycles. The van der Waals surface area contributed by atoms with E-state index in [0.717, 1.165) is 0 Å². The number of Topliss-reactive ketones (excluding diaryl/α,β-unsaturated/α-hetero) is 1. The fourth-order valence-electron chi connectivity index (χ4n) is 2.17. The summed E-state index contributed by atoms with van der Waals surface area (Å²) < 4.78 is 41.2. The van der Waals surface area contributed by atoms with Gasteiger partial charge in [-0.2, -0.15) is 0 Å². The standard InChI is InChI=1S/C17H16F3NO3S/c1-21(16(23)9-8-13(22)15-7-4-10-25-15)11-12-5-2-3-6-14(12)24-17(18,19)20/h2-7,10H,8-9,11H2,1H3. The first-order valence-electron chi connectivity index (χ1n) is 7.40. The van der Waals surface area contributed by atoms with E-state index in [1.165, 1.54) is 41.5 Å². The first-order chi connectivity index (χ1) is 11.8. The number of ether oxygens (including phenoxy) is 1. The second kappa shape index (κ2) is 8.15. The number of rotatable bonds is 7. The van der Waals surface area contributed by atoms with E-state index in [0.29, 0.717) is 4.88 Å². The van der Waals surface area contributed by atoms with Crippen LogP contribution >= 0.6 is 11.3 Å². The molecule has 0 bridgehead atoms. The largest absolute Gasteiger partial charge is 0.573 e. The molecule has 25 heavy (non-hydrogen) atoms. The van der Waals surface area contributed by atoms with Crippen molar-refractivity contribution in [3.63, 3.8) is 0 Å². The monoisotopic (exact) mass is 371 g/mol. The number of thiophene rings is 1. The van der Waals surface area contributed by atoms with Gasteiger partial charge in [-0.15, -0.1) is 24.5 Å². The lowest BCUT2D eigenvalue weighted by Crippen LogP contribution is -2.27. The van der Waals surface area contributed by atoms with Crippen molar-refractivity contribution in [3.05, 3.63) is 52.2 Å². The molecule has 0 radical (unpaired) electrons. The number of hydrogen-bond donors (Lipinski definition) is 0. The molecule has 0 fully saturated rings. The lowest BCUT2D eigenvalue weighted by molar-refractivity contribution is -0.275. The summed E-state index contributed by atoms with van der Waals surface area (Å²) in [4.78, 5) is 25.9. The van der Waals surface area contributed by atoms with Crippen LogP contribution in [0.1, 0.15) is 28.1 Å². The second-order valence-electron chi connectivity index (χ2n) is 5.31. The summed E-state index contributed by atoms with van der Waals surface area (Å²) >= 11 is 1.30. The summed E-state index contributed by atoms with van der Waals surface area (Å²) in [5, 5.41) is 1.78. The molecule has 134 valence electrons. The number of ketones is 1. The van der Waals surface area contributed by atoms with Crippen LogP contribution in [-0.2, 0) is 11.3 Å². The summed E-state index contributed by atoms with van der Waals surface area (Å²) in [7, 11) is 1.47. The minimum Gasteiger partial charge on any atom is -0.405 e. The van der Waals surface area contributed by atoms with Gasteiger partial charge in [0.2, 0.25) is 5.91 Å². The van der Waals surface area contributed by atoms with Crippen molar-refractivity contribution >= 4 is 23.0 Å². The molecule has 2 rings (SSSR count). The van der Waals surface area contributed by atoms with Crippen LogP contribution in [0.5, 0.6) is 5.75 Å². The van der Waals surface area contributed by atoms with E-state index in [2.05, 4.69) is 4.74 Å². The molecule has 2 aromatic rings. The molecule has 1 heterocycles. The van der Waals surface area contributed by atoms with E-state index in [1.54, 1.807) is 23.6 Å². The third-order valence-electron chi connectivity index (χ3n) is 3.39. The first kappa shape index (κ1) is 19.0. The fourth-order valence-corrected chi connectivity index (χ4v) is 2.87. The predicted octanol–water partition coefficient (Wildman–Crippen LogP) is 4.27. The molecule has 4 nitrogen and oxygen atoms in total. The Morgan fingerprint density at radius 2 is 1.84 bits per heavy atom. The predicted molar refractivity (Wildman–Crippen MR) is 87.5 cm³/mol. The van der Waals surface area contributed by atoms with Crippen molar-refractivity contribution in [2.24, 2.45) is 0 Å². The highest BCUT2D eigenvalue weighted by Crippen LogP contribution is 2.27. The summed E-state index contributed by atoms with van der Waals surface area (Å²) in [6.07, 6.45) is -4.74. The molecular formula is C17H16F3NO3S. The molecule has 1 amide bonds. The van der Waals surface area contributed by atoms with Crippen LogP contribution in [0.2, 0.25) is 0 Å². The zero-order valence-corrected chi connectivity index (χ0v) is 14.2. The summed E-state index contributed by atoms with van der Waals surface area (Å²) in [5.41, 5.74) is 0.236. The highest BCUT2D eigenvalue weighted by molar-refractivity contribution is 7.12. The van der Waals surface area contributed by atoms with Crippen molar-refractivity contribution in [3.8, 4) is 5.75 Å². The smallest absolute Gasteiger partial charge is 0.405 e. The Hall–Kier alpha value is -2.35. The van der Waals surface area contributed by atoms with Gasteiger partial charge in [0.25, 0.3) is 0 Å². The van der Waals surface area contributed by atoms with Crippen LogP contribution < -0.4 is 4.74 Å². The van der Waals surface area contributed by atoms with Crippen LogP contribution in [0.25, 0.3) is 0 Å². The van der Waals surface area contributed by atoms with Gasteiger partial charge in [0.05, 0.1) is 4.88 Å². The Balaban J connectivity index is 1.94. The van der Waals surface area contributed by atoms with Crippen LogP contribution in [-0.4, -0.2) is 30.0 Å². The Kier molecular flexibility index (Phi) is 6.19. The van der Waals surface area contributed by atoms with Crippen molar-refractivity contribution in [1.29, 1.82) is 0 Å². The molecule has 0 spiro atoms. The average Bonchev–Trinajstić information content (AvgIpc) is 3.07. The van der Waals surface area contributed by atoms with Crippen LogP contribution in [0, 0.1) is 0 Å². The fraction of sp³-hybridized carbons (Fsp3) is 0.294. The molecule has 0 saturated carbocycles. The maximum atomic E-state index is 12.4. The average molecular weight is 371 g/mol. The molecule has 0 aliphatic carbocycles. The molecule has 0 N–H and O–H groups in total. The molecule has 1 aromatic heterocycles. The van der Waals surface area contributed by atoms with Crippen LogP contribution in [0.15, 0.2) is 41.8 Å². The van der Waals surface area contributed by atoms with E-state index in [9.17, 15) is 22.8 Å². The summed E-state index contributed by atoms with van der Waals surface area (Å²) in [6, 6.07) is 9.09. The van der Waals surface area contributed by atoms with Crippen molar-refractivity contribution in [2.75, 3.05) is 7.05 Å². The number of halogens is 3. The van der Waals surface area contributed by atoms with E-state index in [1.807, 2.05) is 0 Å². The number of carbonyl (C=O) groups excluding carboxylic acids is 2. The van der Waals surface area contributed by atoms with Gasteiger partial charge in [0, 0.05) is 32.0 Å². The van der Waals surface area contributed by atoms with Gasteiger partial charge < -0.3 is 9.64 Å². The van der Waals surface area contributed by atoms with E-state index < -0.39 is 6.36 Å². The maximum Gasteiger partial charge on any atom is 0.573 e. The van der Waals surface area contributed by atoms with Gasteiger partial charge in [0.1, 0.15) is 5.75 Å². The third-order valence-corrected chi connectivity index (χ3v) is 4.30. The van der Waals surface area contributed by atoms with Crippen LogP contribution in [0.3, 0.4) is 0 Å². The Bertz CT molecular complexity index is 729. The number of amides is 1. The molecular weight excluding hydrogens is 355 g/mol. The van der Waals surface area contributed by atoms with Gasteiger partial charge in [-0.25, -0.2) is 0 Å². The van der Waals surface area contributed by atoms with E-state index >= 15 is 0 Å². The Morgan fingerprint density at radius 1 is 1.12 bits per heavy atom. The molecule has 0 atom stereocenters. The number of benzene rings is 1. The summed E-state index contributed by atoms with van der Waals surface area (Å²) in [6.45, 7) is -0.0434. The normalized spacial score (nSPS) is 11.2. The number of para-hydroxylation sites is 1. The van der Waals surface area contributed by atoms with Gasteiger partial charge in [-0.3, -0.25) is 9.59 Å². The van der Waals surface area contributed by atoms with E-state index in [4.69, 9.17) is 0 Å². The lowest BCUT2D eigenvalue weighted by Gasteiger charge is -2.19. The van der Waals surface area contributed by atoms with Crippen LogP contribution in [0.4, 0.5) is 13.2 Å². The Morgan fingerprint density at radius 3 is 2.48 bits per heavy atom. The first-order valence-corrected chi connectivity index (χ1v) is 8.28. The zero-order valence-electron chi connectivity index (χ0n) is 13.4. The lowest BCUT2D eigenvalue weighted by atomic mass is 10.1. The second-order valence-corrected chi connectivity index (χ2v) is 6.25. The minimum atomic E-state index is -4.80. The molecule has 0 aliphatic rings. The van der Waals surface area contributed by atoms with Gasteiger partial charge in [-0.05, 0) is 17.5 Å². The van der Waals surface area contributed by atoms with E-state index in [-0.39, 0.29) is 42.4 Å². The number of carbonyl (C=O) groups is 2. The number of nitrogens with zero attached hydrogens (tertiary/aromatic N) is 1. The number of alkyl halides is 3. The third kappa shape index (κ3) is 5.90. The molecule has 0 unspecified atom stereocenters. The topological polar surface area (TPSA) is 46.6 Å². The van der Waals surface area contributed by atoms with Crippen molar-refractivity contribution in [1.82, 2.24) is 4.90 Å². The van der Waals surface area contributed by atoms with Crippen molar-refractivity contribution in [2.45, 2.75) is 25.7 Å². The van der Waals surface area contributed by atoms with Gasteiger partial charge in [-0.1, -0.05) is 24.3 Å². The SMILES string of the molecule is CN(Cc1ccccc1OC(F)(F)F)C(=O)CCC(=O)c1cccs1. The van der Waals surface area contributed by atoms with Gasteiger partial charge in [0.15, 0.2) is 5.78 Å². The molecule has 1 aromatic carbocycles. The highest BCUT2D eigenvalue weighted by atomic mass is 32.1. The number of hydrogen-bond acceptors (Lipinski definition) is 4. The minimum absolute atomic E-state index is 0.00444. The Labute approximate surface area is 146 Å². The highest BCUT2D eigenvalue weighted by Gasteiger charge is 2.32. The quantitative estimate of drug-likeness (QED) is 0.683. The maximum absolute atomic E-state index is 12.4. The molecule has 0 saturated heterocycles. The van der Waals surface area contributed by atoms with Crippen molar-refractivity contribution < 1.29 is 27.5 Å². The summed E-state index contributed by atoms with van der Waals surface area (Å²) in [5.74, 6) is -0.798.